The third-order valence-electron chi connectivity index (χ3n) is 2.84. The van der Waals surface area contributed by atoms with E-state index in [0.29, 0.717) is 0 Å². The molecular formula is C14H23NO3. The van der Waals surface area contributed by atoms with Crippen molar-refractivity contribution in [3.63, 3.8) is 0 Å². The molecule has 18 heavy (non-hydrogen) atoms. The van der Waals surface area contributed by atoms with Crippen LogP contribution >= 0.6 is 0 Å². The molecule has 1 aromatic rings. The van der Waals surface area contributed by atoms with Gasteiger partial charge in [-0.2, -0.15) is 0 Å². The van der Waals surface area contributed by atoms with Crippen LogP contribution in [0.2, 0.25) is 0 Å². The molecule has 0 bridgehead atoms. The van der Waals surface area contributed by atoms with E-state index in [1.807, 2.05) is 18.2 Å². The molecule has 102 valence electrons. The second-order valence-corrected chi connectivity index (χ2v) is 4.04. The van der Waals surface area contributed by atoms with Gasteiger partial charge in [-0.3, -0.25) is 0 Å². The van der Waals surface area contributed by atoms with E-state index in [1.165, 1.54) is 0 Å². The summed E-state index contributed by atoms with van der Waals surface area (Å²) in [7, 11) is 5.04. The Hall–Kier alpha value is -1.26. The summed E-state index contributed by atoms with van der Waals surface area (Å²) < 4.78 is 15.7. The van der Waals surface area contributed by atoms with Gasteiger partial charge in [0.2, 0.25) is 0 Å². The number of hydrogen-bond acceptors (Lipinski definition) is 4. The predicted octanol–water partition coefficient (Wildman–Crippen LogP) is 2.39. The minimum atomic E-state index is 0.249. The first-order valence-corrected chi connectivity index (χ1v) is 6.20. The Morgan fingerprint density at radius 3 is 2.11 bits per heavy atom. The minimum Gasteiger partial charge on any atom is -0.497 e. The van der Waals surface area contributed by atoms with E-state index >= 15 is 0 Å². The maximum Gasteiger partial charge on any atom is 0.122 e. The highest BCUT2D eigenvalue weighted by Crippen LogP contribution is 2.27. The maximum atomic E-state index is 5.29. The fraction of sp³-hybridized carbons (Fsp3) is 0.571. The number of methoxy groups -OCH3 is 3. The van der Waals surface area contributed by atoms with Crippen LogP contribution in [0.15, 0.2) is 18.2 Å². The molecule has 0 heterocycles. The molecule has 0 saturated carbocycles. The molecule has 0 amide bonds. The van der Waals surface area contributed by atoms with E-state index in [9.17, 15) is 0 Å². The smallest absolute Gasteiger partial charge is 0.122 e. The van der Waals surface area contributed by atoms with Crippen LogP contribution in [0.3, 0.4) is 0 Å². The Kier molecular flexibility index (Phi) is 6.54. The molecule has 4 heteroatoms. The van der Waals surface area contributed by atoms with Gasteiger partial charge in [0.15, 0.2) is 0 Å². The van der Waals surface area contributed by atoms with Gasteiger partial charge in [-0.15, -0.1) is 0 Å². The van der Waals surface area contributed by atoms with Gasteiger partial charge in [0.1, 0.15) is 11.5 Å². The van der Waals surface area contributed by atoms with Crippen LogP contribution < -0.4 is 14.8 Å². The number of rotatable bonds is 8. The molecule has 1 unspecified atom stereocenters. The van der Waals surface area contributed by atoms with Gasteiger partial charge in [-0.25, -0.2) is 0 Å². The summed E-state index contributed by atoms with van der Waals surface area (Å²) in [6.07, 6.45) is 0.917. The number of benzene rings is 1. The summed E-state index contributed by atoms with van der Waals surface area (Å²) in [6.45, 7) is 3.72. The predicted molar refractivity (Wildman–Crippen MR) is 72.5 cm³/mol. The summed E-state index contributed by atoms with van der Waals surface area (Å²) in [5, 5.41) is 3.45. The van der Waals surface area contributed by atoms with Crippen LogP contribution in [-0.4, -0.2) is 34.5 Å². The maximum absolute atomic E-state index is 5.29. The van der Waals surface area contributed by atoms with Crippen molar-refractivity contribution < 1.29 is 14.2 Å². The highest BCUT2D eigenvalue weighted by atomic mass is 16.5. The van der Waals surface area contributed by atoms with E-state index < -0.39 is 0 Å². The van der Waals surface area contributed by atoms with Crippen molar-refractivity contribution in [3.8, 4) is 11.5 Å². The molecule has 4 nitrogen and oxygen atoms in total. The first-order chi connectivity index (χ1) is 8.74. The second kappa shape index (κ2) is 7.95. The zero-order valence-corrected chi connectivity index (χ0v) is 11.7. The van der Waals surface area contributed by atoms with Crippen molar-refractivity contribution in [2.24, 2.45) is 0 Å². The lowest BCUT2D eigenvalue weighted by Gasteiger charge is -2.19. The molecule has 0 radical (unpaired) electrons. The summed E-state index contributed by atoms with van der Waals surface area (Å²) in [4.78, 5) is 0. The average molecular weight is 253 g/mol. The highest BCUT2D eigenvalue weighted by Gasteiger charge is 2.12. The van der Waals surface area contributed by atoms with Crippen molar-refractivity contribution in [3.05, 3.63) is 23.8 Å². The van der Waals surface area contributed by atoms with Crippen LogP contribution in [0.5, 0.6) is 11.5 Å². The van der Waals surface area contributed by atoms with E-state index in [0.717, 1.165) is 36.6 Å². The average Bonchev–Trinajstić information content (AvgIpc) is 2.42. The van der Waals surface area contributed by atoms with Gasteiger partial charge in [0.05, 0.1) is 14.2 Å². The zero-order chi connectivity index (χ0) is 13.4. The van der Waals surface area contributed by atoms with Crippen molar-refractivity contribution >= 4 is 0 Å². The second-order valence-electron chi connectivity index (χ2n) is 4.04. The van der Waals surface area contributed by atoms with Crippen LogP contribution in [0.1, 0.15) is 24.9 Å². The standard InChI is InChI=1S/C14H23NO3/c1-5-15-14(6-7-16-2)11-8-12(17-3)10-13(9-11)18-4/h8-10,14-15H,5-7H2,1-4H3. The van der Waals surface area contributed by atoms with Crippen molar-refractivity contribution in [2.45, 2.75) is 19.4 Å². The lowest BCUT2D eigenvalue weighted by molar-refractivity contribution is 0.183. The SMILES string of the molecule is CCNC(CCOC)c1cc(OC)cc(OC)c1. The van der Waals surface area contributed by atoms with Gasteiger partial charge in [0.25, 0.3) is 0 Å². The van der Waals surface area contributed by atoms with Crippen LogP contribution in [-0.2, 0) is 4.74 Å². The van der Waals surface area contributed by atoms with Crippen LogP contribution in [0, 0.1) is 0 Å². The third kappa shape index (κ3) is 4.20. The Balaban J connectivity index is 2.93. The van der Waals surface area contributed by atoms with E-state index in [-0.39, 0.29) is 6.04 Å². The summed E-state index contributed by atoms with van der Waals surface area (Å²) in [5.74, 6) is 1.62. The zero-order valence-electron chi connectivity index (χ0n) is 11.7. The Morgan fingerprint density at radius 1 is 1.06 bits per heavy atom. The van der Waals surface area contributed by atoms with E-state index in [2.05, 4.69) is 12.2 Å². The molecule has 0 aliphatic rings. The first kappa shape index (κ1) is 14.8. The topological polar surface area (TPSA) is 39.7 Å². The van der Waals surface area contributed by atoms with Gasteiger partial charge in [-0.1, -0.05) is 6.92 Å². The van der Waals surface area contributed by atoms with Crippen LogP contribution in [0.25, 0.3) is 0 Å². The first-order valence-electron chi connectivity index (χ1n) is 6.20. The van der Waals surface area contributed by atoms with E-state index in [4.69, 9.17) is 14.2 Å². The lowest BCUT2D eigenvalue weighted by atomic mass is 10.0. The Morgan fingerprint density at radius 2 is 1.67 bits per heavy atom. The normalized spacial score (nSPS) is 12.2. The fourth-order valence-electron chi connectivity index (χ4n) is 1.90. The summed E-state index contributed by atoms with van der Waals surface area (Å²) in [5.41, 5.74) is 1.16. The number of ether oxygens (including phenoxy) is 3. The van der Waals surface area contributed by atoms with Gasteiger partial charge in [-0.05, 0) is 30.7 Å². The molecule has 0 fully saturated rings. The molecule has 0 aliphatic carbocycles. The number of hydrogen-bond donors (Lipinski definition) is 1. The lowest BCUT2D eigenvalue weighted by Crippen LogP contribution is -2.22. The fourth-order valence-corrected chi connectivity index (χ4v) is 1.90. The molecule has 0 spiro atoms. The Labute approximate surface area is 109 Å². The quantitative estimate of drug-likeness (QED) is 0.772. The molecular weight excluding hydrogens is 230 g/mol. The molecule has 0 aromatic heterocycles. The van der Waals surface area contributed by atoms with Crippen molar-refractivity contribution in [1.82, 2.24) is 5.32 Å². The summed E-state index contributed by atoms with van der Waals surface area (Å²) >= 11 is 0. The highest BCUT2D eigenvalue weighted by molar-refractivity contribution is 5.39. The minimum absolute atomic E-state index is 0.249. The van der Waals surface area contributed by atoms with E-state index in [1.54, 1.807) is 21.3 Å². The van der Waals surface area contributed by atoms with Gasteiger partial charge < -0.3 is 19.5 Å². The molecule has 0 aliphatic heterocycles. The monoisotopic (exact) mass is 253 g/mol. The third-order valence-corrected chi connectivity index (χ3v) is 2.84. The van der Waals surface area contributed by atoms with Crippen molar-refractivity contribution in [2.75, 3.05) is 34.5 Å². The Bertz CT molecular complexity index is 333. The molecule has 1 aromatic carbocycles. The molecule has 0 saturated heterocycles. The molecule has 1 atom stereocenters. The van der Waals surface area contributed by atoms with Crippen LogP contribution in [0.4, 0.5) is 0 Å². The largest absolute Gasteiger partial charge is 0.497 e. The van der Waals surface area contributed by atoms with Gasteiger partial charge in [0, 0.05) is 25.8 Å². The van der Waals surface area contributed by atoms with Gasteiger partial charge >= 0.3 is 0 Å². The number of nitrogens with one attached hydrogen (secondary N) is 1. The van der Waals surface area contributed by atoms with Crippen molar-refractivity contribution in [1.29, 1.82) is 0 Å². The molecule has 1 rings (SSSR count). The molecule has 1 N–H and O–H groups in total. The summed E-state index contributed by atoms with van der Waals surface area (Å²) in [6, 6.07) is 6.19.